The lowest BCUT2D eigenvalue weighted by Crippen LogP contribution is -2.49. The summed E-state index contributed by atoms with van der Waals surface area (Å²) >= 11 is 6.13. The highest BCUT2D eigenvalue weighted by Gasteiger charge is 2.26. The average molecular weight is 386 g/mol. The molecule has 2 aromatic heterocycles. The van der Waals surface area contributed by atoms with Crippen LogP contribution in [0.5, 0.6) is 5.88 Å². The normalized spacial score (nSPS) is 14.6. The second kappa shape index (κ2) is 7.08. The minimum absolute atomic E-state index is 0.0206. The molecule has 3 aromatic rings. The Kier molecular flexibility index (Phi) is 4.61. The molecule has 0 aliphatic carbocycles. The molecule has 1 saturated heterocycles. The highest BCUT2D eigenvalue weighted by atomic mass is 35.5. The van der Waals surface area contributed by atoms with Crippen molar-refractivity contribution >= 4 is 34.4 Å². The number of aromatic amines is 1. The van der Waals surface area contributed by atoms with Gasteiger partial charge in [0.15, 0.2) is 0 Å². The molecule has 0 atom stereocenters. The third kappa shape index (κ3) is 3.30. The van der Waals surface area contributed by atoms with Crippen LogP contribution >= 0.6 is 11.6 Å². The Morgan fingerprint density at radius 2 is 2.00 bits per heavy atom. The van der Waals surface area contributed by atoms with Gasteiger partial charge in [0.05, 0.1) is 12.7 Å². The molecule has 1 fully saturated rings. The number of amides is 1. The van der Waals surface area contributed by atoms with E-state index in [0.29, 0.717) is 48.6 Å². The first-order valence-corrected chi connectivity index (χ1v) is 9.13. The minimum Gasteiger partial charge on any atom is -0.481 e. The molecule has 4 rings (SSSR count). The maximum Gasteiger partial charge on any atom is 0.256 e. The van der Waals surface area contributed by atoms with E-state index in [2.05, 4.69) is 19.9 Å². The zero-order chi connectivity index (χ0) is 19.0. The monoisotopic (exact) mass is 385 g/mol. The molecule has 1 aromatic carbocycles. The second-order valence-corrected chi connectivity index (χ2v) is 6.93. The van der Waals surface area contributed by atoms with Crippen molar-refractivity contribution in [3.05, 3.63) is 46.7 Å². The van der Waals surface area contributed by atoms with Crippen LogP contribution in [0.15, 0.2) is 30.5 Å². The second-order valence-electron chi connectivity index (χ2n) is 6.49. The van der Waals surface area contributed by atoms with Crippen LogP contribution in [0.2, 0.25) is 5.02 Å². The molecule has 0 saturated carbocycles. The maximum atomic E-state index is 13.1. The molecule has 140 valence electrons. The van der Waals surface area contributed by atoms with Crippen molar-refractivity contribution < 1.29 is 9.53 Å². The fraction of sp³-hybridized carbons (Fsp3) is 0.316. The highest BCUT2D eigenvalue weighted by Crippen LogP contribution is 2.27. The van der Waals surface area contributed by atoms with Gasteiger partial charge in [-0.25, -0.2) is 4.98 Å². The van der Waals surface area contributed by atoms with Crippen molar-refractivity contribution in [1.29, 1.82) is 0 Å². The van der Waals surface area contributed by atoms with Crippen molar-refractivity contribution in [2.24, 2.45) is 0 Å². The first-order valence-electron chi connectivity index (χ1n) is 8.76. The maximum absolute atomic E-state index is 13.1. The molecule has 0 unspecified atom stereocenters. The summed E-state index contributed by atoms with van der Waals surface area (Å²) in [6.07, 6.45) is 1.68. The lowest BCUT2D eigenvalue weighted by molar-refractivity contribution is 0.0747. The molecular formula is C19H20ClN5O2. The summed E-state index contributed by atoms with van der Waals surface area (Å²) in [6, 6.07) is 7.28. The van der Waals surface area contributed by atoms with Gasteiger partial charge in [-0.1, -0.05) is 11.6 Å². The Bertz CT molecular complexity index is 995. The number of ether oxygens (including phenoxy) is 1. The summed E-state index contributed by atoms with van der Waals surface area (Å²) < 4.78 is 5.16. The van der Waals surface area contributed by atoms with E-state index in [-0.39, 0.29) is 5.91 Å². The number of carbonyl (C=O) groups excluding carboxylic acids is 1. The Morgan fingerprint density at radius 3 is 2.74 bits per heavy atom. The van der Waals surface area contributed by atoms with Crippen LogP contribution < -0.4 is 9.64 Å². The molecule has 0 spiro atoms. The molecule has 1 aliphatic heterocycles. The van der Waals surface area contributed by atoms with Crippen LogP contribution in [0.25, 0.3) is 10.9 Å². The van der Waals surface area contributed by atoms with Gasteiger partial charge in [-0.2, -0.15) is 4.98 Å². The Balaban J connectivity index is 1.52. The van der Waals surface area contributed by atoms with Gasteiger partial charge >= 0.3 is 0 Å². The molecule has 1 aliphatic rings. The van der Waals surface area contributed by atoms with Crippen molar-refractivity contribution in [3.63, 3.8) is 0 Å². The summed E-state index contributed by atoms with van der Waals surface area (Å²) in [6.45, 7) is 4.46. The van der Waals surface area contributed by atoms with E-state index >= 15 is 0 Å². The minimum atomic E-state index is 0.0206. The molecule has 0 bridgehead atoms. The molecule has 0 radical (unpaired) electrons. The van der Waals surface area contributed by atoms with Crippen molar-refractivity contribution in [3.8, 4) is 5.88 Å². The first kappa shape index (κ1) is 17.6. The summed E-state index contributed by atoms with van der Waals surface area (Å²) in [7, 11) is 1.58. The van der Waals surface area contributed by atoms with Gasteiger partial charge in [0.25, 0.3) is 5.91 Å². The number of carbonyl (C=O) groups is 1. The number of anilines is 1. The van der Waals surface area contributed by atoms with Gasteiger partial charge in [0.2, 0.25) is 11.8 Å². The number of rotatable bonds is 3. The molecule has 1 N–H and O–H groups in total. The number of methoxy groups -OCH3 is 1. The van der Waals surface area contributed by atoms with E-state index in [1.54, 1.807) is 19.4 Å². The van der Waals surface area contributed by atoms with Crippen LogP contribution in [0.4, 0.5) is 5.95 Å². The number of nitrogens with zero attached hydrogens (tertiary/aromatic N) is 4. The number of hydrogen-bond donors (Lipinski definition) is 1. The number of aromatic nitrogens is 3. The van der Waals surface area contributed by atoms with E-state index in [0.717, 1.165) is 16.6 Å². The number of halogens is 1. The van der Waals surface area contributed by atoms with Crippen molar-refractivity contribution in [2.75, 3.05) is 38.2 Å². The van der Waals surface area contributed by atoms with Crippen LogP contribution in [0.1, 0.15) is 16.1 Å². The van der Waals surface area contributed by atoms with Crippen molar-refractivity contribution in [2.45, 2.75) is 6.92 Å². The van der Waals surface area contributed by atoms with Gasteiger partial charge in [-0.15, -0.1) is 0 Å². The molecule has 8 heteroatoms. The summed E-state index contributed by atoms with van der Waals surface area (Å²) in [5.74, 6) is 1.17. The van der Waals surface area contributed by atoms with Crippen LogP contribution in [-0.2, 0) is 0 Å². The summed E-state index contributed by atoms with van der Waals surface area (Å²) in [4.78, 5) is 29.0. The fourth-order valence-electron chi connectivity index (χ4n) is 3.44. The zero-order valence-electron chi connectivity index (χ0n) is 15.2. The third-order valence-electron chi connectivity index (χ3n) is 4.84. The van der Waals surface area contributed by atoms with Gasteiger partial charge < -0.3 is 19.5 Å². The lowest BCUT2D eigenvalue weighted by atomic mass is 10.1. The largest absolute Gasteiger partial charge is 0.481 e. The molecular weight excluding hydrogens is 366 g/mol. The quantitative estimate of drug-likeness (QED) is 0.750. The van der Waals surface area contributed by atoms with Gasteiger partial charge in [0.1, 0.15) is 0 Å². The number of hydrogen-bond acceptors (Lipinski definition) is 5. The molecule has 3 heterocycles. The van der Waals surface area contributed by atoms with E-state index in [1.165, 1.54) is 0 Å². The summed E-state index contributed by atoms with van der Waals surface area (Å²) in [5.41, 5.74) is 2.47. The Hall–Kier alpha value is -2.80. The standard InChI is InChI=1S/C19H20ClN5O2/c1-12-17(14-11-13(20)3-4-15(14)22-12)18(26)24-7-9-25(10-8-24)19-21-6-5-16(23-19)27-2/h3-6,11,22H,7-10H2,1-2H3. The number of piperazine rings is 1. The van der Waals surface area contributed by atoms with E-state index in [1.807, 2.05) is 30.0 Å². The van der Waals surface area contributed by atoms with Gasteiger partial charge in [-0.3, -0.25) is 4.79 Å². The Labute approximate surface area is 161 Å². The third-order valence-corrected chi connectivity index (χ3v) is 5.07. The smallest absolute Gasteiger partial charge is 0.256 e. The number of benzene rings is 1. The predicted molar refractivity (Wildman–Crippen MR) is 105 cm³/mol. The van der Waals surface area contributed by atoms with Crippen LogP contribution in [0, 0.1) is 6.92 Å². The number of H-pyrrole nitrogens is 1. The molecule has 7 nitrogen and oxygen atoms in total. The Morgan fingerprint density at radius 1 is 1.22 bits per heavy atom. The van der Waals surface area contributed by atoms with Gasteiger partial charge in [-0.05, 0) is 25.1 Å². The first-order chi connectivity index (χ1) is 13.1. The van der Waals surface area contributed by atoms with Crippen molar-refractivity contribution in [1.82, 2.24) is 19.9 Å². The number of nitrogens with one attached hydrogen (secondary N) is 1. The summed E-state index contributed by atoms with van der Waals surface area (Å²) in [5, 5.41) is 1.49. The molecule has 1 amide bonds. The molecule has 27 heavy (non-hydrogen) atoms. The van der Waals surface area contributed by atoms with Gasteiger partial charge in [0, 0.05) is 60.1 Å². The van der Waals surface area contributed by atoms with E-state index in [9.17, 15) is 4.79 Å². The topological polar surface area (TPSA) is 74.3 Å². The fourth-order valence-corrected chi connectivity index (χ4v) is 3.61. The van der Waals surface area contributed by atoms with Crippen LogP contribution in [0.3, 0.4) is 0 Å². The van der Waals surface area contributed by atoms with E-state index < -0.39 is 0 Å². The number of fused-ring (bicyclic) bond motifs is 1. The predicted octanol–water partition coefficient (Wildman–Crippen LogP) is 2.89. The van der Waals surface area contributed by atoms with E-state index in [4.69, 9.17) is 16.3 Å². The zero-order valence-corrected chi connectivity index (χ0v) is 16.0. The highest BCUT2D eigenvalue weighted by molar-refractivity contribution is 6.31. The van der Waals surface area contributed by atoms with Crippen LogP contribution in [-0.4, -0.2) is 59.0 Å². The number of aryl methyl sites for hydroxylation is 1. The average Bonchev–Trinajstić information content (AvgIpc) is 3.02. The SMILES string of the molecule is COc1ccnc(N2CCN(C(=O)c3c(C)[nH]c4ccc(Cl)cc34)CC2)n1. The lowest BCUT2D eigenvalue weighted by Gasteiger charge is -2.34.